The van der Waals surface area contributed by atoms with Crippen LogP contribution in [-0.2, 0) is 32.1 Å². The molecule has 2 heterocycles. The van der Waals surface area contributed by atoms with Crippen LogP contribution in [0.4, 0.5) is 40.9 Å². The molecule has 1 aliphatic rings. The monoisotopic (exact) mass is 722 g/mol. The number of aryl methyl sites for hydroxylation is 1. The van der Waals surface area contributed by atoms with Crippen LogP contribution >= 0.6 is 0 Å². The second-order valence-electron chi connectivity index (χ2n) is 10.4. The van der Waals surface area contributed by atoms with E-state index >= 15 is 0 Å². The molecule has 19 heteroatoms. The molecule has 0 fully saturated rings. The van der Waals surface area contributed by atoms with E-state index in [9.17, 15) is 49.8 Å². The first-order valence-electron chi connectivity index (χ1n) is 14.3. The Kier molecular flexibility index (Phi) is 15.1. The largest absolute Gasteiger partial charge is 0.490 e. The Labute approximate surface area is 278 Å². The average Bonchev–Trinajstić information content (AvgIpc) is 3.02. The van der Waals surface area contributed by atoms with E-state index in [-0.39, 0.29) is 6.42 Å². The number of benzene rings is 2. The normalized spacial score (nSPS) is 13.4. The molecule has 4 rings (SSSR count). The molecule has 3 aromatic rings. The molecule has 1 aliphatic heterocycles. The Morgan fingerprint density at radius 2 is 1.30 bits per heavy atom. The summed E-state index contributed by atoms with van der Waals surface area (Å²) in [6.45, 7) is 1.21. The van der Waals surface area contributed by atoms with Gasteiger partial charge in [0.05, 0.1) is 18.2 Å². The first-order valence-corrected chi connectivity index (χ1v) is 14.3. The van der Waals surface area contributed by atoms with Gasteiger partial charge in [-0.2, -0.15) is 26.3 Å². The zero-order valence-electron chi connectivity index (χ0n) is 25.6. The second-order valence-corrected chi connectivity index (χ2v) is 10.4. The fraction of sp³-hybridized carbons (Fsp3) is 0.323. The van der Waals surface area contributed by atoms with Gasteiger partial charge in [0.25, 0.3) is 0 Å². The van der Waals surface area contributed by atoms with Crippen molar-refractivity contribution < 1.29 is 69.6 Å². The molecule has 2 atom stereocenters. The Hall–Kier alpha value is -5.33. The van der Waals surface area contributed by atoms with Gasteiger partial charge in [-0.1, -0.05) is 30.3 Å². The van der Waals surface area contributed by atoms with Gasteiger partial charge in [-0.25, -0.2) is 23.4 Å². The quantitative estimate of drug-likeness (QED) is 0.146. The molecular formula is C31H30F8N4O7. The Balaban J connectivity index is 0.000000521. The Morgan fingerprint density at radius 3 is 1.78 bits per heavy atom. The van der Waals surface area contributed by atoms with Gasteiger partial charge in [0, 0.05) is 25.6 Å². The highest BCUT2D eigenvalue weighted by atomic mass is 19.4. The molecule has 11 nitrogen and oxygen atoms in total. The molecule has 2 aromatic carbocycles. The molecule has 0 saturated heterocycles. The van der Waals surface area contributed by atoms with Crippen LogP contribution < -0.4 is 16.0 Å². The molecule has 50 heavy (non-hydrogen) atoms. The third-order valence-corrected chi connectivity index (χ3v) is 6.57. The number of alkyl halides is 6. The van der Waals surface area contributed by atoms with Crippen LogP contribution in [0.3, 0.4) is 0 Å². The number of anilines is 1. The van der Waals surface area contributed by atoms with Gasteiger partial charge in [0.15, 0.2) is 0 Å². The highest BCUT2D eigenvalue weighted by Crippen LogP contribution is 2.24. The number of hydrogen-bond donors (Lipinski definition) is 6. The summed E-state index contributed by atoms with van der Waals surface area (Å²) in [5, 5.41) is 32.8. The zero-order chi connectivity index (χ0) is 37.6. The van der Waals surface area contributed by atoms with Crippen LogP contribution in [0.1, 0.15) is 53.7 Å². The number of carboxylic acid groups (broad SMARTS) is 3. The van der Waals surface area contributed by atoms with Crippen molar-refractivity contribution in [2.24, 2.45) is 0 Å². The molecule has 0 aliphatic carbocycles. The SMILES string of the molecule is O=C(O)C(F)(F)F.O=C(O)C(F)(F)F.O=C(O)C[C@H](NC(=O)C[C@H](NCc1ccc2c(n1)NCCC2)c1cccc(F)c1)c1cccc(F)c1. The van der Waals surface area contributed by atoms with Crippen LogP contribution in [-0.4, -0.2) is 63.0 Å². The van der Waals surface area contributed by atoms with E-state index in [4.69, 9.17) is 19.8 Å². The molecule has 0 spiro atoms. The minimum atomic E-state index is -5.08. The molecule has 6 N–H and O–H groups in total. The summed E-state index contributed by atoms with van der Waals surface area (Å²) in [4.78, 5) is 46.8. The summed E-state index contributed by atoms with van der Waals surface area (Å²) in [6, 6.07) is 13.9. The van der Waals surface area contributed by atoms with Crippen molar-refractivity contribution in [2.45, 2.75) is 56.7 Å². The molecular weight excluding hydrogens is 692 g/mol. The van der Waals surface area contributed by atoms with Crippen LogP contribution in [0, 0.1) is 11.6 Å². The predicted octanol–water partition coefficient (Wildman–Crippen LogP) is 5.54. The molecule has 1 amide bonds. The summed E-state index contributed by atoms with van der Waals surface area (Å²) >= 11 is 0. The number of pyridine rings is 1. The van der Waals surface area contributed by atoms with Crippen molar-refractivity contribution >= 4 is 29.6 Å². The standard InChI is InChI=1S/C27H28F2N4O3.2C2HF3O2/c28-20-7-1-4-18(12-20)23(31-16-22-10-9-17-6-3-11-30-27(17)32-22)14-25(34)33-24(15-26(35)36)19-5-2-8-21(29)13-19;2*3-2(4,5)1(6)7/h1-2,4-5,7-10,12-13,23-24,31H,3,6,11,14-16H2,(H,30,32)(H,33,34)(H,35,36);2*(H,6,7)/t23-,24-;;/m0../s1. The number of carboxylic acids is 3. The van der Waals surface area contributed by atoms with Gasteiger partial charge < -0.3 is 31.3 Å². The smallest absolute Gasteiger partial charge is 0.481 e. The third-order valence-electron chi connectivity index (χ3n) is 6.57. The molecule has 0 bridgehead atoms. The maximum absolute atomic E-state index is 14.0. The molecule has 272 valence electrons. The summed E-state index contributed by atoms with van der Waals surface area (Å²) in [5.74, 6) is -7.20. The lowest BCUT2D eigenvalue weighted by atomic mass is 10.0. The average molecular weight is 723 g/mol. The van der Waals surface area contributed by atoms with Gasteiger partial charge >= 0.3 is 30.3 Å². The highest BCUT2D eigenvalue weighted by molar-refractivity contribution is 5.78. The number of amides is 1. The number of halogens is 8. The van der Waals surface area contributed by atoms with E-state index in [0.29, 0.717) is 17.7 Å². The van der Waals surface area contributed by atoms with Crippen LogP contribution in [0.15, 0.2) is 60.7 Å². The van der Waals surface area contributed by atoms with Gasteiger partial charge in [0.2, 0.25) is 5.91 Å². The number of aliphatic carboxylic acids is 3. The lowest BCUT2D eigenvalue weighted by molar-refractivity contribution is -0.193. The number of carbonyl (C=O) groups excluding carboxylic acids is 1. The van der Waals surface area contributed by atoms with Crippen molar-refractivity contribution in [3.8, 4) is 0 Å². The van der Waals surface area contributed by atoms with Crippen molar-refractivity contribution in [1.82, 2.24) is 15.6 Å². The lowest BCUT2D eigenvalue weighted by Gasteiger charge is -2.23. The maximum atomic E-state index is 14.0. The fourth-order valence-corrected chi connectivity index (χ4v) is 4.32. The lowest BCUT2D eigenvalue weighted by Crippen LogP contribution is -2.34. The third kappa shape index (κ3) is 14.4. The van der Waals surface area contributed by atoms with E-state index < -0.39 is 66.3 Å². The van der Waals surface area contributed by atoms with Crippen LogP contribution in [0.2, 0.25) is 0 Å². The van der Waals surface area contributed by atoms with E-state index in [1.165, 1.54) is 30.3 Å². The number of nitrogens with zero attached hydrogens (tertiary/aromatic N) is 1. The van der Waals surface area contributed by atoms with Gasteiger partial charge in [-0.3, -0.25) is 9.59 Å². The van der Waals surface area contributed by atoms with Gasteiger partial charge in [-0.05, 0) is 59.9 Å². The minimum Gasteiger partial charge on any atom is -0.481 e. The van der Waals surface area contributed by atoms with Crippen LogP contribution in [0.5, 0.6) is 0 Å². The number of nitrogens with one attached hydrogen (secondary N) is 3. The fourth-order valence-electron chi connectivity index (χ4n) is 4.32. The number of hydrogen-bond acceptors (Lipinski definition) is 7. The molecule has 1 aromatic heterocycles. The summed E-state index contributed by atoms with van der Waals surface area (Å²) in [5.41, 5.74) is 2.86. The van der Waals surface area contributed by atoms with Gasteiger partial charge in [-0.15, -0.1) is 0 Å². The predicted molar refractivity (Wildman–Crippen MR) is 159 cm³/mol. The number of carbonyl (C=O) groups is 4. The highest BCUT2D eigenvalue weighted by Gasteiger charge is 2.39. The molecule has 0 saturated carbocycles. The van der Waals surface area contributed by atoms with Crippen LogP contribution in [0.25, 0.3) is 0 Å². The first kappa shape index (κ1) is 40.8. The van der Waals surface area contributed by atoms with E-state index in [0.717, 1.165) is 36.5 Å². The number of aromatic nitrogens is 1. The van der Waals surface area contributed by atoms with Crippen molar-refractivity contribution in [2.75, 3.05) is 11.9 Å². The summed E-state index contributed by atoms with van der Waals surface area (Å²) < 4.78 is 91.2. The van der Waals surface area contributed by atoms with E-state index in [2.05, 4.69) is 20.9 Å². The van der Waals surface area contributed by atoms with E-state index in [1.54, 1.807) is 18.2 Å². The van der Waals surface area contributed by atoms with Crippen molar-refractivity contribution in [1.29, 1.82) is 0 Å². The molecule has 0 radical (unpaired) electrons. The first-order chi connectivity index (χ1) is 23.3. The number of fused-ring (bicyclic) bond motifs is 1. The van der Waals surface area contributed by atoms with Crippen molar-refractivity contribution in [3.63, 3.8) is 0 Å². The Morgan fingerprint density at radius 1 is 0.780 bits per heavy atom. The second kappa shape index (κ2) is 18.4. The van der Waals surface area contributed by atoms with Crippen molar-refractivity contribution in [3.05, 3.63) is 94.7 Å². The van der Waals surface area contributed by atoms with Gasteiger partial charge in [0.1, 0.15) is 17.5 Å². The summed E-state index contributed by atoms with van der Waals surface area (Å²) in [7, 11) is 0. The zero-order valence-corrected chi connectivity index (χ0v) is 25.6. The topological polar surface area (TPSA) is 178 Å². The summed E-state index contributed by atoms with van der Waals surface area (Å²) in [6.07, 6.45) is -8.63. The maximum Gasteiger partial charge on any atom is 0.490 e. The Bertz CT molecular complexity index is 1610. The minimum absolute atomic E-state index is 0.0852. The van der Waals surface area contributed by atoms with E-state index in [1.807, 2.05) is 12.1 Å². The number of rotatable bonds is 10. The molecule has 0 unspecified atom stereocenters.